The van der Waals surface area contributed by atoms with Crippen molar-refractivity contribution in [3.8, 4) is 0 Å². The zero-order valence-electron chi connectivity index (χ0n) is 15.7. The summed E-state index contributed by atoms with van der Waals surface area (Å²) in [7, 11) is 0. The van der Waals surface area contributed by atoms with Gasteiger partial charge in [-0.1, -0.05) is 40.2 Å². The summed E-state index contributed by atoms with van der Waals surface area (Å²) in [6.07, 6.45) is 1.89. The smallest absolute Gasteiger partial charge is 0.411 e. The minimum atomic E-state index is -0.925. The zero-order valence-corrected chi connectivity index (χ0v) is 17.3. The van der Waals surface area contributed by atoms with Crippen LogP contribution in [0.2, 0.25) is 0 Å². The summed E-state index contributed by atoms with van der Waals surface area (Å²) in [5.41, 5.74) is 0.0360. The molecular formula is C22H23BrFNO3. The second kappa shape index (κ2) is 7.16. The Labute approximate surface area is 172 Å². The maximum atomic E-state index is 13.4. The third kappa shape index (κ3) is 3.80. The first-order valence-corrected chi connectivity index (χ1v) is 10.3. The van der Waals surface area contributed by atoms with Gasteiger partial charge in [0.1, 0.15) is 11.4 Å². The Balaban J connectivity index is 1.58. The molecule has 0 spiro atoms. The van der Waals surface area contributed by atoms with Crippen molar-refractivity contribution in [3.63, 3.8) is 0 Å². The molecule has 2 aliphatic rings. The normalized spacial score (nSPS) is 24.6. The lowest BCUT2D eigenvalue weighted by atomic mass is 9.82. The Kier molecular flexibility index (Phi) is 4.96. The summed E-state index contributed by atoms with van der Waals surface area (Å²) >= 11 is 3.43. The van der Waals surface area contributed by atoms with Crippen LogP contribution in [0.25, 0.3) is 0 Å². The number of amides is 1. The number of nitrogens with zero attached hydrogens (tertiary/aromatic N) is 1. The van der Waals surface area contributed by atoms with E-state index < -0.39 is 17.3 Å². The minimum Gasteiger partial charge on any atom is -0.438 e. The number of aliphatic hydroxyl groups is 1. The van der Waals surface area contributed by atoms with Crippen LogP contribution in [0.3, 0.4) is 0 Å². The molecule has 6 heteroatoms. The molecule has 1 N–H and O–H groups in total. The van der Waals surface area contributed by atoms with E-state index >= 15 is 0 Å². The van der Waals surface area contributed by atoms with Crippen molar-refractivity contribution in [2.45, 2.75) is 49.9 Å². The van der Waals surface area contributed by atoms with Crippen molar-refractivity contribution in [3.05, 3.63) is 69.9 Å². The molecule has 2 fully saturated rings. The van der Waals surface area contributed by atoms with E-state index in [0.717, 1.165) is 15.6 Å². The Bertz CT molecular complexity index is 866. The van der Waals surface area contributed by atoms with Crippen LogP contribution in [0.4, 0.5) is 9.18 Å². The number of ether oxygens (including phenoxy) is 1. The molecule has 4 rings (SSSR count). The van der Waals surface area contributed by atoms with Crippen LogP contribution in [0.15, 0.2) is 53.0 Å². The zero-order chi connectivity index (χ0) is 19.9. The second-order valence-corrected chi connectivity index (χ2v) is 8.86. The average Bonchev–Trinajstić information content (AvgIpc) is 3.39. The molecule has 2 atom stereocenters. The van der Waals surface area contributed by atoms with E-state index in [9.17, 15) is 14.3 Å². The molecule has 1 saturated heterocycles. The van der Waals surface area contributed by atoms with Gasteiger partial charge in [0.05, 0.1) is 11.6 Å². The van der Waals surface area contributed by atoms with Gasteiger partial charge in [0, 0.05) is 23.9 Å². The molecule has 0 aromatic heterocycles. The van der Waals surface area contributed by atoms with Gasteiger partial charge in [-0.05, 0) is 55.2 Å². The fourth-order valence-electron chi connectivity index (χ4n) is 3.98. The van der Waals surface area contributed by atoms with E-state index in [1.807, 2.05) is 31.2 Å². The maximum Gasteiger partial charge on any atom is 0.411 e. The van der Waals surface area contributed by atoms with Gasteiger partial charge < -0.3 is 14.7 Å². The van der Waals surface area contributed by atoms with E-state index in [1.165, 1.54) is 12.1 Å². The predicted molar refractivity (Wildman–Crippen MR) is 107 cm³/mol. The maximum absolute atomic E-state index is 13.4. The molecule has 2 aromatic rings. The van der Waals surface area contributed by atoms with Crippen molar-refractivity contribution in [2.24, 2.45) is 0 Å². The molecule has 0 bridgehead atoms. The van der Waals surface area contributed by atoms with Gasteiger partial charge in [0.25, 0.3) is 0 Å². The van der Waals surface area contributed by atoms with Gasteiger partial charge in [-0.25, -0.2) is 9.18 Å². The number of hydrogen-bond acceptors (Lipinski definition) is 3. The minimum absolute atomic E-state index is 0.129. The van der Waals surface area contributed by atoms with E-state index in [1.54, 1.807) is 17.0 Å². The molecular weight excluding hydrogens is 425 g/mol. The lowest BCUT2D eigenvalue weighted by Crippen LogP contribution is -2.50. The third-order valence-electron chi connectivity index (χ3n) is 5.91. The third-order valence-corrected chi connectivity index (χ3v) is 6.43. The first kappa shape index (κ1) is 19.4. The van der Waals surface area contributed by atoms with Crippen molar-refractivity contribution in [1.82, 2.24) is 4.90 Å². The van der Waals surface area contributed by atoms with Crippen LogP contribution in [0, 0.1) is 5.82 Å². The highest BCUT2D eigenvalue weighted by Crippen LogP contribution is 2.49. The molecule has 1 aliphatic carbocycles. The van der Waals surface area contributed by atoms with Crippen molar-refractivity contribution < 1.29 is 19.0 Å². The summed E-state index contributed by atoms with van der Waals surface area (Å²) in [5, 5.41) is 10.5. The first-order chi connectivity index (χ1) is 13.3. The Hall–Kier alpha value is -1.92. The van der Waals surface area contributed by atoms with Gasteiger partial charge in [-0.3, -0.25) is 0 Å². The Morgan fingerprint density at radius 3 is 2.36 bits per heavy atom. The van der Waals surface area contributed by atoms with Crippen LogP contribution in [0.5, 0.6) is 0 Å². The summed E-state index contributed by atoms with van der Waals surface area (Å²) in [5.74, 6) is -0.336. The van der Waals surface area contributed by atoms with E-state index in [-0.39, 0.29) is 11.9 Å². The SMILES string of the molecule is CC(c1ccc(Br)cc1)N1CCC(CC2(O)CC2)(c2ccc(F)cc2)OC1=O. The predicted octanol–water partition coefficient (Wildman–Crippen LogP) is 5.30. The van der Waals surface area contributed by atoms with E-state index in [0.29, 0.717) is 32.2 Å². The summed E-state index contributed by atoms with van der Waals surface area (Å²) < 4.78 is 20.4. The highest BCUT2D eigenvalue weighted by molar-refractivity contribution is 9.10. The summed E-state index contributed by atoms with van der Waals surface area (Å²) in [6, 6.07) is 13.8. The fraction of sp³-hybridized carbons (Fsp3) is 0.409. The number of rotatable bonds is 5. The van der Waals surface area contributed by atoms with Gasteiger partial charge in [-0.2, -0.15) is 0 Å². The molecule has 28 heavy (non-hydrogen) atoms. The molecule has 148 valence electrons. The van der Waals surface area contributed by atoms with Crippen LogP contribution in [0.1, 0.15) is 49.8 Å². The number of carbonyl (C=O) groups is 1. The number of carbonyl (C=O) groups excluding carboxylic acids is 1. The van der Waals surface area contributed by atoms with Crippen molar-refractivity contribution in [2.75, 3.05) is 6.54 Å². The summed E-state index contributed by atoms with van der Waals surface area (Å²) in [6.45, 7) is 2.48. The lowest BCUT2D eigenvalue weighted by molar-refractivity contribution is -0.0883. The monoisotopic (exact) mass is 447 g/mol. The molecule has 1 saturated carbocycles. The van der Waals surface area contributed by atoms with E-state index in [2.05, 4.69) is 15.9 Å². The van der Waals surface area contributed by atoms with Crippen molar-refractivity contribution in [1.29, 1.82) is 0 Å². The number of hydrogen-bond donors (Lipinski definition) is 1. The number of halogens is 2. The number of cyclic esters (lactones) is 1. The second-order valence-electron chi connectivity index (χ2n) is 7.94. The summed E-state index contributed by atoms with van der Waals surface area (Å²) in [4.78, 5) is 14.7. The van der Waals surface area contributed by atoms with Crippen LogP contribution in [-0.4, -0.2) is 28.2 Å². The Morgan fingerprint density at radius 1 is 1.14 bits per heavy atom. The molecule has 2 unspecified atom stereocenters. The highest BCUT2D eigenvalue weighted by atomic mass is 79.9. The molecule has 1 heterocycles. The quantitative estimate of drug-likeness (QED) is 0.675. The number of benzene rings is 2. The lowest BCUT2D eigenvalue weighted by Gasteiger charge is -2.44. The first-order valence-electron chi connectivity index (χ1n) is 9.54. The standard InChI is InChI=1S/C22H23BrFNO3/c1-15(16-2-6-18(23)7-3-16)25-13-12-22(28-20(25)26,14-21(27)10-11-21)17-4-8-19(24)9-5-17/h2-9,15,27H,10-14H2,1H3. The van der Waals surface area contributed by atoms with Gasteiger partial charge in [0.2, 0.25) is 0 Å². The van der Waals surface area contributed by atoms with Crippen LogP contribution < -0.4 is 0 Å². The fourth-order valence-corrected chi connectivity index (χ4v) is 4.24. The molecule has 2 aromatic carbocycles. The van der Waals surface area contributed by atoms with Crippen molar-refractivity contribution >= 4 is 22.0 Å². The van der Waals surface area contributed by atoms with E-state index in [4.69, 9.17) is 4.74 Å². The average molecular weight is 448 g/mol. The molecule has 0 radical (unpaired) electrons. The Morgan fingerprint density at radius 2 is 1.79 bits per heavy atom. The topological polar surface area (TPSA) is 49.8 Å². The van der Waals surface area contributed by atoms with Gasteiger partial charge >= 0.3 is 6.09 Å². The van der Waals surface area contributed by atoms with Gasteiger partial charge in [0.15, 0.2) is 0 Å². The largest absolute Gasteiger partial charge is 0.438 e. The van der Waals surface area contributed by atoms with Gasteiger partial charge in [-0.15, -0.1) is 0 Å². The van der Waals surface area contributed by atoms with Crippen LogP contribution >= 0.6 is 15.9 Å². The highest BCUT2D eigenvalue weighted by Gasteiger charge is 2.53. The molecule has 4 nitrogen and oxygen atoms in total. The molecule has 1 amide bonds. The van der Waals surface area contributed by atoms with Crippen LogP contribution in [-0.2, 0) is 10.3 Å². The molecule has 1 aliphatic heterocycles.